The van der Waals surface area contributed by atoms with Gasteiger partial charge in [0, 0.05) is 18.7 Å². The van der Waals surface area contributed by atoms with Gasteiger partial charge in [0.1, 0.15) is 24.3 Å². The first-order chi connectivity index (χ1) is 10.8. The highest BCUT2D eigenvalue weighted by Gasteiger charge is 2.06. The molecule has 2 heterocycles. The van der Waals surface area contributed by atoms with E-state index in [1.165, 1.54) is 11.9 Å². The Morgan fingerprint density at radius 1 is 1.18 bits per heavy atom. The minimum absolute atomic E-state index is 0.196. The average molecular weight is 294 g/mol. The van der Waals surface area contributed by atoms with Crippen LogP contribution < -0.4 is 5.32 Å². The second kappa shape index (κ2) is 6.80. The summed E-state index contributed by atoms with van der Waals surface area (Å²) in [7, 11) is 0. The predicted octanol–water partition coefficient (Wildman–Crippen LogP) is 2.16. The van der Waals surface area contributed by atoms with Crippen LogP contribution in [0.5, 0.6) is 0 Å². The zero-order valence-corrected chi connectivity index (χ0v) is 12.4. The first-order valence-corrected chi connectivity index (χ1v) is 7.24. The standard InChI is InChI=1S/C16H18N6/c1-13(10-22-12-17-11-19-22)20-15-7-8-18-16(21-15)9-14-5-3-2-4-6-14/h2-8,11-13H,9-10H2,1H3,(H,18,20,21). The molecule has 6 nitrogen and oxygen atoms in total. The van der Waals surface area contributed by atoms with Gasteiger partial charge in [0.05, 0.1) is 6.54 Å². The van der Waals surface area contributed by atoms with Crippen molar-refractivity contribution in [1.82, 2.24) is 24.7 Å². The first-order valence-electron chi connectivity index (χ1n) is 7.24. The third-order valence-corrected chi connectivity index (χ3v) is 3.23. The highest BCUT2D eigenvalue weighted by Crippen LogP contribution is 2.09. The van der Waals surface area contributed by atoms with Crippen LogP contribution in [0.4, 0.5) is 5.82 Å². The lowest BCUT2D eigenvalue weighted by Gasteiger charge is -2.14. The Morgan fingerprint density at radius 2 is 2.05 bits per heavy atom. The van der Waals surface area contributed by atoms with E-state index >= 15 is 0 Å². The largest absolute Gasteiger partial charge is 0.366 e. The van der Waals surface area contributed by atoms with E-state index in [2.05, 4.69) is 44.4 Å². The maximum atomic E-state index is 4.57. The molecular weight excluding hydrogens is 276 g/mol. The fourth-order valence-corrected chi connectivity index (χ4v) is 2.25. The Kier molecular flexibility index (Phi) is 4.38. The third kappa shape index (κ3) is 3.88. The molecule has 0 saturated heterocycles. The molecule has 0 radical (unpaired) electrons. The van der Waals surface area contributed by atoms with Crippen LogP contribution in [-0.2, 0) is 13.0 Å². The van der Waals surface area contributed by atoms with Crippen molar-refractivity contribution in [1.29, 1.82) is 0 Å². The summed E-state index contributed by atoms with van der Waals surface area (Å²) in [6, 6.07) is 12.3. The monoisotopic (exact) mass is 294 g/mol. The Labute approximate surface area is 129 Å². The molecule has 0 aliphatic rings. The normalized spacial score (nSPS) is 12.0. The minimum Gasteiger partial charge on any atom is -0.366 e. The Morgan fingerprint density at radius 3 is 2.82 bits per heavy atom. The van der Waals surface area contributed by atoms with Crippen molar-refractivity contribution in [3.05, 3.63) is 66.6 Å². The highest BCUT2D eigenvalue weighted by molar-refractivity contribution is 5.34. The summed E-state index contributed by atoms with van der Waals surface area (Å²) in [4.78, 5) is 12.9. The lowest BCUT2D eigenvalue weighted by molar-refractivity contribution is 0.558. The maximum Gasteiger partial charge on any atom is 0.137 e. The molecule has 1 N–H and O–H groups in total. The van der Waals surface area contributed by atoms with Crippen molar-refractivity contribution >= 4 is 5.82 Å². The van der Waals surface area contributed by atoms with E-state index < -0.39 is 0 Å². The number of nitrogens with one attached hydrogen (secondary N) is 1. The summed E-state index contributed by atoms with van der Waals surface area (Å²) in [6.07, 6.45) is 5.76. The van der Waals surface area contributed by atoms with Gasteiger partial charge in [-0.2, -0.15) is 5.10 Å². The van der Waals surface area contributed by atoms with Gasteiger partial charge in [-0.15, -0.1) is 0 Å². The fourth-order valence-electron chi connectivity index (χ4n) is 2.25. The third-order valence-electron chi connectivity index (χ3n) is 3.23. The summed E-state index contributed by atoms with van der Waals surface area (Å²) in [5.41, 5.74) is 1.20. The van der Waals surface area contributed by atoms with Crippen LogP contribution in [0.2, 0.25) is 0 Å². The Bertz CT molecular complexity index is 696. The van der Waals surface area contributed by atoms with Crippen LogP contribution in [0, 0.1) is 0 Å². The van der Waals surface area contributed by atoms with Crippen molar-refractivity contribution in [3.8, 4) is 0 Å². The Hall–Kier alpha value is -2.76. The molecule has 0 saturated carbocycles. The van der Waals surface area contributed by atoms with Gasteiger partial charge in [-0.05, 0) is 18.6 Å². The SMILES string of the molecule is CC(Cn1cncn1)Nc1ccnc(Cc2ccccc2)n1. The van der Waals surface area contributed by atoms with Gasteiger partial charge in [0.25, 0.3) is 0 Å². The van der Waals surface area contributed by atoms with E-state index in [-0.39, 0.29) is 6.04 Å². The van der Waals surface area contributed by atoms with Crippen LogP contribution in [-0.4, -0.2) is 30.8 Å². The molecule has 0 aliphatic carbocycles. The molecule has 1 atom stereocenters. The van der Waals surface area contributed by atoms with Crippen molar-refractivity contribution < 1.29 is 0 Å². The molecule has 3 rings (SSSR count). The topological polar surface area (TPSA) is 68.5 Å². The molecule has 0 bridgehead atoms. The van der Waals surface area contributed by atoms with E-state index in [4.69, 9.17) is 0 Å². The highest BCUT2D eigenvalue weighted by atomic mass is 15.3. The lowest BCUT2D eigenvalue weighted by atomic mass is 10.1. The van der Waals surface area contributed by atoms with Crippen LogP contribution in [0.15, 0.2) is 55.2 Å². The minimum atomic E-state index is 0.196. The molecule has 0 aliphatic heterocycles. The zero-order chi connectivity index (χ0) is 15.2. The number of hydrogen-bond donors (Lipinski definition) is 1. The second-order valence-corrected chi connectivity index (χ2v) is 5.18. The van der Waals surface area contributed by atoms with Gasteiger partial charge in [-0.25, -0.2) is 15.0 Å². The number of hydrogen-bond acceptors (Lipinski definition) is 5. The number of aromatic nitrogens is 5. The van der Waals surface area contributed by atoms with Gasteiger partial charge in [0.15, 0.2) is 0 Å². The van der Waals surface area contributed by atoms with Crippen molar-refractivity contribution in [3.63, 3.8) is 0 Å². The van der Waals surface area contributed by atoms with Gasteiger partial charge >= 0.3 is 0 Å². The molecule has 6 heteroatoms. The van der Waals surface area contributed by atoms with E-state index in [0.717, 1.165) is 24.6 Å². The van der Waals surface area contributed by atoms with E-state index in [9.17, 15) is 0 Å². The molecule has 0 spiro atoms. The van der Waals surface area contributed by atoms with Gasteiger partial charge < -0.3 is 5.32 Å². The van der Waals surface area contributed by atoms with Gasteiger partial charge in [0.2, 0.25) is 0 Å². The predicted molar refractivity (Wildman–Crippen MR) is 84.4 cm³/mol. The summed E-state index contributed by atoms with van der Waals surface area (Å²) in [5.74, 6) is 1.64. The zero-order valence-electron chi connectivity index (χ0n) is 12.4. The smallest absolute Gasteiger partial charge is 0.137 e. The second-order valence-electron chi connectivity index (χ2n) is 5.18. The van der Waals surface area contributed by atoms with Crippen LogP contribution >= 0.6 is 0 Å². The Balaban J connectivity index is 1.63. The van der Waals surface area contributed by atoms with Crippen LogP contribution in [0.1, 0.15) is 18.3 Å². The number of anilines is 1. The van der Waals surface area contributed by atoms with Crippen LogP contribution in [0.25, 0.3) is 0 Å². The summed E-state index contributed by atoms with van der Waals surface area (Å²) in [6.45, 7) is 2.82. The molecular formula is C16H18N6. The molecule has 2 aromatic heterocycles. The van der Waals surface area contributed by atoms with E-state index in [1.807, 2.05) is 24.3 Å². The quantitative estimate of drug-likeness (QED) is 0.754. The molecule has 0 amide bonds. The molecule has 22 heavy (non-hydrogen) atoms. The summed E-state index contributed by atoms with van der Waals surface area (Å²) >= 11 is 0. The average Bonchev–Trinajstić information content (AvgIpc) is 3.01. The fraction of sp³-hybridized carbons (Fsp3) is 0.250. The number of rotatable bonds is 6. The van der Waals surface area contributed by atoms with Gasteiger partial charge in [-0.1, -0.05) is 30.3 Å². The van der Waals surface area contributed by atoms with Crippen molar-refractivity contribution in [2.24, 2.45) is 0 Å². The van der Waals surface area contributed by atoms with E-state index in [1.54, 1.807) is 17.2 Å². The maximum absolute atomic E-state index is 4.57. The first kappa shape index (κ1) is 14.2. The summed E-state index contributed by atoms with van der Waals surface area (Å²) < 4.78 is 1.80. The number of benzene rings is 1. The lowest BCUT2D eigenvalue weighted by Crippen LogP contribution is -2.23. The summed E-state index contributed by atoms with van der Waals surface area (Å²) in [5, 5.41) is 7.47. The van der Waals surface area contributed by atoms with Crippen LogP contribution in [0.3, 0.4) is 0 Å². The van der Waals surface area contributed by atoms with E-state index in [0.29, 0.717) is 0 Å². The molecule has 0 fully saturated rings. The van der Waals surface area contributed by atoms with Crippen molar-refractivity contribution in [2.75, 3.05) is 5.32 Å². The van der Waals surface area contributed by atoms with Gasteiger partial charge in [-0.3, -0.25) is 4.68 Å². The van der Waals surface area contributed by atoms with Crippen molar-refractivity contribution in [2.45, 2.75) is 25.9 Å². The molecule has 1 unspecified atom stereocenters. The molecule has 112 valence electrons. The molecule has 3 aromatic rings. The molecule has 1 aromatic carbocycles. The number of nitrogens with zero attached hydrogens (tertiary/aromatic N) is 5.